The van der Waals surface area contributed by atoms with Crippen molar-refractivity contribution in [2.75, 3.05) is 18.8 Å². The summed E-state index contributed by atoms with van der Waals surface area (Å²) in [5, 5.41) is 5.81. The van der Waals surface area contributed by atoms with Gasteiger partial charge in [0.15, 0.2) is 15.3 Å². The molecule has 72 valence electrons. The highest BCUT2D eigenvalue weighted by molar-refractivity contribution is 7.91. The first kappa shape index (κ1) is 9.95. The number of nitrogens with one attached hydrogen (secondary N) is 2. The largest absolute Gasteiger partial charge is 0.288 e. The molecule has 0 atom stereocenters. The van der Waals surface area contributed by atoms with Gasteiger partial charge < -0.3 is 0 Å². The third-order valence-electron chi connectivity index (χ3n) is 1.71. The van der Waals surface area contributed by atoms with E-state index < -0.39 is 15.3 Å². The van der Waals surface area contributed by atoms with E-state index >= 15 is 0 Å². The molecule has 0 radical (unpaired) electrons. The average Bonchev–Trinajstić information content (AvgIpc) is 2.32. The molecule has 4 nitrogen and oxygen atoms in total. The van der Waals surface area contributed by atoms with Crippen LogP contribution in [0.1, 0.15) is 13.8 Å². The topological polar surface area (TPSA) is 58.2 Å². The first-order chi connectivity index (χ1) is 5.52. The lowest BCUT2D eigenvalue weighted by Crippen LogP contribution is -2.41. The summed E-state index contributed by atoms with van der Waals surface area (Å²) in [7, 11) is -2.98. The van der Waals surface area contributed by atoms with E-state index in [1.807, 2.05) is 13.8 Å². The van der Waals surface area contributed by atoms with Crippen LogP contribution in [-0.4, -0.2) is 32.8 Å². The first-order valence-electron chi connectivity index (χ1n) is 4.21. The zero-order valence-corrected chi connectivity index (χ0v) is 8.32. The fourth-order valence-corrected chi connectivity index (χ4v) is 3.16. The Balaban J connectivity index is 2.58. The van der Waals surface area contributed by atoms with Gasteiger partial charge in [0.2, 0.25) is 0 Å². The number of rotatable bonds is 3. The van der Waals surface area contributed by atoms with Crippen molar-refractivity contribution >= 4 is 9.84 Å². The first-order valence-corrected chi connectivity index (χ1v) is 5.92. The van der Waals surface area contributed by atoms with E-state index in [0.29, 0.717) is 0 Å². The molecule has 1 saturated heterocycles. The van der Waals surface area contributed by atoms with Gasteiger partial charge in [-0.3, -0.25) is 10.6 Å². The molecule has 1 rings (SSSR count). The zero-order chi connectivity index (χ0) is 9.19. The van der Waals surface area contributed by atoms with Crippen LogP contribution in [0.5, 0.6) is 0 Å². The number of sulfone groups is 1. The smallest absolute Gasteiger partial charge is 0.180 e. The molecular weight excluding hydrogens is 176 g/mol. The van der Waals surface area contributed by atoms with Crippen molar-refractivity contribution in [3.8, 4) is 0 Å². The van der Waals surface area contributed by atoms with Crippen molar-refractivity contribution in [2.24, 2.45) is 5.92 Å². The Bertz CT molecular complexity index is 230. The molecule has 0 amide bonds. The van der Waals surface area contributed by atoms with Crippen LogP contribution >= 0.6 is 0 Å². The van der Waals surface area contributed by atoms with Crippen LogP contribution in [0.4, 0.5) is 0 Å². The van der Waals surface area contributed by atoms with Crippen LogP contribution in [-0.2, 0) is 9.84 Å². The Labute approximate surface area is 73.6 Å². The van der Waals surface area contributed by atoms with Gasteiger partial charge in [0.25, 0.3) is 0 Å². The summed E-state index contributed by atoms with van der Waals surface area (Å²) >= 11 is 0. The maximum atomic E-state index is 11.5. The second-order valence-corrected chi connectivity index (χ2v) is 5.64. The minimum absolute atomic E-state index is 0.194. The van der Waals surface area contributed by atoms with Crippen LogP contribution in [0.3, 0.4) is 0 Å². The molecular formula is C7H16N2O2S. The zero-order valence-electron chi connectivity index (χ0n) is 7.50. The predicted molar refractivity (Wildman–Crippen MR) is 48.4 cm³/mol. The van der Waals surface area contributed by atoms with Gasteiger partial charge in [-0.25, -0.2) is 8.42 Å². The minimum atomic E-state index is -2.98. The summed E-state index contributed by atoms with van der Waals surface area (Å²) < 4.78 is 23.0. The summed E-state index contributed by atoms with van der Waals surface area (Å²) in [6.07, 6.45) is 0. The molecule has 0 aromatic heterocycles. The van der Waals surface area contributed by atoms with Gasteiger partial charge in [0, 0.05) is 13.1 Å². The van der Waals surface area contributed by atoms with Crippen LogP contribution in [0, 0.1) is 5.92 Å². The summed E-state index contributed by atoms with van der Waals surface area (Å²) in [6.45, 7) is 5.29. The molecule has 1 fully saturated rings. The molecule has 2 N–H and O–H groups in total. The Morgan fingerprint density at radius 1 is 1.33 bits per heavy atom. The van der Waals surface area contributed by atoms with E-state index in [4.69, 9.17) is 0 Å². The summed E-state index contributed by atoms with van der Waals surface area (Å²) in [4.78, 5) is 0. The van der Waals surface area contributed by atoms with Crippen LogP contribution in [0.25, 0.3) is 0 Å². The van der Waals surface area contributed by atoms with Crippen molar-refractivity contribution < 1.29 is 8.42 Å². The van der Waals surface area contributed by atoms with E-state index in [1.54, 1.807) is 0 Å². The third-order valence-corrected chi connectivity index (χ3v) is 3.89. The van der Waals surface area contributed by atoms with Crippen molar-refractivity contribution in [3.05, 3.63) is 0 Å². The number of hydrogen-bond acceptors (Lipinski definition) is 4. The van der Waals surface area contributed by atoms with Gasteiger partial charge in [-0.2, -0.15) is 0 Å². The molecule has 1 aliphatic heterocycles. The highest BCUT2D eigenvalue weighted by Crippen LogP contribution is 2.05. The Kier molecular flexibility index (Phi) is 3.09. The average molecular weight is 192 g/mol. The lowest BCUT2D eigenvalue weighted by atomic mass is 10.3. The SMILES string of the molecule is CC(C)CS(=O)(=O)C1NCCN1. The molecule has 0 unspecified atom stereocenters. The molecule has 5 heteroatoms. The Hall–Kier alpha value is -0.130. The molecule has 1 aliphatic rings. The van der Waals surface area contributed by atoms with Crippen LogP contribution in [0.15, 0.2) is 0 Å². The van der Waals surface area contributed by atoms with Gasteiger partial charge in [-0.15, -0.1) is 0 Å². The van der Waals surface area contributed by atoms with Gasteiger partial charge in [-0.05, 0) is 5.92 Å². The maximum Gasteiger partial charge on any atom is 0.180 e. The fourth-order valence-electron chi connectivity index (χ4n) is 1.29. The van der Waals surface area contributed by atoms with Gasteiger partial charge in [0.1, 0.15) is 0 Å². The van der Waals surface area contributed by atoms with E-state index in [0.717, 1.165) is 13.1 Å². The third kappa shape index (κ3) is 2.43. The molecule has 0 aromatic carbocycles. The molecule has 0 saturated carbocycles. The second kappa shape index (κ2) is 3.72. The molecule has 0 aromatic rings. The van der Waals surface area contributed by atoms with Gasteiger partial charge >= 0.3 is 0 Å². The molecule has 12 heavy (non-hydrogen) atoms. The minimum Gasteiger partial charge on any atom is -0.288 e. The van der Waals surface area contributed by atoms with Crippen molar-refractivity contribution in [2.45, 2.75) is 19.3 Å². The standard InChI is InChI=1S/C7H16N2O2S/c1-6(2)5-12(10,11)7-8-3-4-9-7/h6-9H,3-5H2,1-2H3. The lowest BCUT2D eigenvalue weighted by molar-refractivity contribution is 0.549. The Morgan fingerprint density at radius 2 is 1.83 bits per heavy atom. The molecule has 0 spiro atoms. The monoisotopic (exact) mass is 192 g/mol. The second-order valence-electron chi connectivity index (χ2n) is 3.51. The Morgan fingerprint density at radius 3 is 2.25 bits per heavy atom. The predicted octanol–water partition coefficient (Wildman–Crippen LogP) is -0.466. The normalized spacial score (nSPS) is 20.6. The van der Waals surface area contributed by atoms with Gasteiger partial charge in [-0.1, -0.05) is 13.8 Å². The summed E-state index contributed by atoms with van der Waals surface area (Å²) in [5.74, 6) is 0.441. The summed E-state index contributed by atoms with van der Waals surface area (Å²) in [5.41, 5.74) is -0.514. The number of hydrogen-bond donors (Lipinski definition) is 2. The molecule has 0 bridgehead atoms. The quantitative estimate of drug-likeness (QED) is 0.635. The molecule has 0 aliphatic carbocycles. The highest BCUT2D eigenvalue weighted by atomic mass is 32.2. The van der Waals surface area contributed by atoms with Gasteiger partial charge in [0.05, 0.1) is 5.75 Å². The summed E-state index contributed by atoms with van der Waals surface area (Å²) in [6, 6.07) is 0. The molecule has 1 heterocycles. The van der Waals surface area contributed by atoms with E-state index in [-0.39, 0.29) is 11.7 Å². The lowest BCUT2D eigenvalue weighted by Gasteiger charge is -2.13. The maximum absolute atomic E-state index is 11.5. The van der Waals surface area contributed by atoms with E-state index in [2.05, 4.69) is 10.6 Å². The van der Waals surface area contributed by atoms with Crippen LogP contribution in [0.2, 0.25) is 0 Å². The van der Waals surface area contributed by atoms with Crippen molar-refractivity contribution in [1.82, 2.24) is 10.6 Å². The highest BCUT2D eigenvalue weighted by Gasteiger charge is 2.27. The van der Waals surface area contributed by atoms with Crippen LogP contribution < -0.4 is 10.6 Å². The fraction of sp³-hybridized carbons (Fsp3) is 1.00. The van der Waals surface area contributed by atoms with E-state index in [9.17, 15) is 8.42 Å². The van der Waals surface area contributed by atoms with E-state index in [1.165, 1.54) is 0 Å². The van der Waals surface area contributed by atoms with Crippen molar-refractivity contribution in [3.63, 3.8) is 0 Å². The van der Waals surface area contributed by atoms with Crippen molar-refractivity contribution in [1.29, 1.82) is 0 Å².